The number of rotatable bonds is 4. The van der Waals surface area contributed by atoms with Crippen molar-refractivity contribution in [2.75, 3.05) is 25.1 Å². The molecule has 1 aromatic carbocycles. The van der Waals surface area contributed by atoms with Crippen molar-refractivity contribution in [1.29, 1.82) is 0 Å². The Kier molecular flexibility index (Phi) is 4.52. The van der Waals surface area contributed by atoms with Crippen molar-refractivity contribution in [3.05, 3.63) is 30.1 Å². The number of amides is 1. The van der Waals surface area contributed by atoms with Crippen LogP contribution in [0.2, 0.25) is 0 Å². The summed E-state index contributed by atoms with van der Waals surface area (Å²) in [6.07, 6.45) is 1.68. The summed E-state index contributed by atoms with van der Waals surface area (Å²) in [5.41, 5.74) is 0.347. The maximum absolute atomic E-state index is 13.3. The number of halogens is 1. The van der Waals surface area contributed by atoms with E-state index in [-0.39, 0.29) is 24.3 Å². The zero-order valence-corrected chi connectivity index (χ0v) is 10.1. The average molecular weight is 252 g/mol. The highest BCUT2D eigenvalue weighted by Crippen LogP contribution is 2.11. The van der Waals surface area contributed by atoms with Crippen LogP contribution in [0.15, 0.2) is 24.3 Å². The van der Waals surface area contributed by atoms with Crippen molar-refractivity contribution in [1.82, 2.24) is 5.32 Å². The summed E-state index contributed by atoms with van der Waals surface area (Å²) in [7, 11) is 0. The predicted octanol–water partition coefficient (Wildman–Crippen LogP) is 1.53. The van der Waals surface area contributed by atoms with Crippen LogP contribution in [-0.4, -0.2) is 31.7 Å². The fourth-order valence-corrected chi connectivity index (χ4v) is 1.90. The first-order chi connectivity index (χ1) is 8.75. The summed E-state index contributed by atoms with van der Waals surface area (Å²) in [4.78, 5) is 11.7. The Balaban J connectivity index is 1.76. The van der Waals surface area contributed by atoms with Gasteiger partial charge in [0.15, 0.2) is 0 Å². The average Bonchev–Trinajstić information content (AvgIpc) is 2.39. The van der Waals surface area contributed by atoms with Gasteiger partial charge in [0.1, 0.15) is 5.82 Å². The molecule has 1 amide bonds. The first-order valence-electron chi connectivity index (χ1n) is 6.11. The third-order valence-electron chi connectivity index (χ3n) is 2.90. The molecule has 2 N–H and O–H groups in total. The van der Waals surface area contributed by atoms with E-state index in [0.29, 0.717) is 18.9 Å². The quantitative estimate of drug-likeness (QED) is 0.854. The Hall–Kier alpha value is -1.62. The van der Waals surface area contributed by atoms with Gasteiger partial charge in [0.25, 0.3) is 0 Å². The Morgan fingerprint density at radius 3 is 2.78 bits per heavy atom. The molecule has 0 spiro atoms. The highest BCUT2D eigenvalue weighted by Gasteiger charge is 2.15. The zero-order chi connectivity index (χ0) is 12.8. The third-order valence-corrected chi connectivity index (χ3v) is 2.90. The summed E-state index contributed by atoms with van der Waals surface area (Å²) >= 11 is 0. The topological polar surface area (TPSA) is 50.4 Å². The second kappa shape index (κ2) is 6.35. The van der Waals surface area contributed by atoms with Crippen LogP contribution < -0.4 is 10.6 Å². The summed E-state index contributed by atoms with van der Waals surface area (Å²) in [6, 6.07) is 6.48. The molecule has 1 fully saturated rings. The minimum Gasteiger partial charge on any atom is -0.381 e. The van der Waals surface area contributed by atoms with Crippen LogP contribution in [-0.2, 0) is 9.53 Å². The molecule has 0 unspecified atom stereocenters. The molecule has 0 atom stereocenters. The fourth-order valence-electron chi connectivity index (χ4n) is 1.90. The smallest absolute Gasteiger partial charge is 0.239 e. The van der Waals surface area contributed by atoms with E-state index >= 15 is 0 Å². The molecular formula is C13H17FN2O2. The summed E-state index contributed by atoms with van der Waals surface area (Å²) in [6.45, 7) is 1.45. The lowest BCUT2D eigenvalue weighted by Gasteiger charge is -2.23. The monoisotopic (exact) mass is 252 g/mol. The largest absolute Gasteiger partial charge is 0.381 e. The number of carbonyl (C=O) groups is 1. The van der Waals surface area contributed by atoms with Gasteiger partial charge in [-0.15, -0.1) is 0 Å². The number of benzene rings is 1. The van der Waals surface area contributed by atoms with E-state index in [9.17, 15) is 9.18 Å². The van der Waals surface area contributed by atoms with Crippen molar-refractivity contribution in [2.24, 2.45) is 0 Å². The van der Waals surface area contributed by atoms with Gasteiger partial charge in [-0.1, -0.05) is 12.1 Å². The van der Waals surface area contributed by atoms with Crippen LogP contribution in [0.1, 0.15) is 12.8 Å². The molecule has 0 radical (unpaired) electrons. The lowest BCUT2D eigenvalue weighted by atomic mass is 10.1. The van der Waals surface area contributed by atoms with Gasteiger partial charge in [0.2, 0.25) is 5.91 Å². The fraction of sp³-hybridized carbons (Fsp3) is 0.462. The maximum atomic E-state index is 13.3. The summed E-state index contributed by atoms with van der Waals surface area (Å²) in [5, 5.41) is 5.69. The number of para-hydroxylation sites is 1. The van der Waals surface area contributed by atoms with E-state index < -0.39 is 0 Å². The molecule has 0 aliphatic carbocycles. The van der Waals surface area contributed by atoms with E-state index in [1.807, 2.05) is 0 Å². The second-order valence-corrected chi connectivity index (χ2v) is 4.29. The highest BCUT2D eigenvalue weighted by molar-refractivity contribution is 5.81. The van der Waals surface area contributed by atoms with Crippen molar-refractivity contribution in [3.8, 4) is 0 Å². The van der Waals surface area contributed by atoms with E-state index in [4.69, 9.17) is 4.74 Å². The molecule has 1 saturated heterocycles. The molecule has 1 aliphatic rings. The van der Waals surface area contributed by atoms with Crippen LogP contribution in [0, 0.1) is 5.82 Å². The predicted molar refractivity (Wildman–Crippen MR) is 66.9 cm³/mol. The van der Waals surface area contributed by atoms with Gasteiger partial charge >= 0.3 is 0 Å². The molecule has 1 aromatic rings. The highest BCUT2D eigenvalue weighted by atomic mass is 19.1. The van der Waals surface area contributed by atoms with Crippen molar-refractivity contribution >= 4 is 11.6 Å². The van der Waals surface area contributed by atoms with Gasteiger partial charge in [0.05, 0.1) is 12.2 Å². The molecule has 0 aromatic heterocycles. The number of carbonyl (C=O) groups excluding carboxylic acids is 1. The Morgan fingerprint density at radius 2 is 2.06 bits per heavy atom. The van der Waals surface area contributed by atoms with Gasteiger partial charge in [0, 0.05) is 19.3 Å². The SMILES string of the molecule is O=C(CNc1ccccc1F)NC1CCOCC1. The number of hydrogen-bond donors (Lipinski definition) is 2. The van der Waals surface area contributed by atoms with E-state index in [0.717, 1.165) is 12.8 Å². The van der Waals surface area contributed by atoms with Gasteiger partial charge in [-0.05, 0) is 25.0 Å². The molecule has 1 heterocycles. The van der Waals surface area contributed by atoms with Crippen LogP contribution in [0.5, 0.6) is 0 Å². The van der Waals surface area contributed by atoms with Crippen molar-refractivity contribution in [2.45, 2.75) is 18.9 Å². The Labute approximate surface area is 106 Å². The standard InChI is InChI=1S/C13H17FN2O2/c14-11-3-1-2-4-12(11)15-9-13(17)16-10-5-7-18-8-6-10/h1-4,10,15H,5-9H2,(H,16,17). The van der Waals surface area contributed by atoms with E-state index in [1.165, 1.54) is 6.07 Å². The molecule has 0 saturated carbocycles. The van der Waals surface area contributed by atoms with Crippen LogP contribution in [0.3, 0.4) is 0 Å². The molecule has 5 heteroatoms. The van der Waals surface area contributed by atoms with Crippen LogP contribution in [0.4, 0.5) is 10.1 Å². The Morgan fingerprint density at radius 1 is 1.33 bits per heavy atom. The van der Waals surface area contributed by atoms with Gasteiger partial charge in [-0.3, -0.25) is 4.79 Å². The third kappa shape index (κ3) is 3.70. The Bertz CT molecular complexity index is 406. The maximum Gasteiger partial charge on any atom is 0.239 e. The molecule has 18 heavy (non-hydrogen) atoms. The van der Waals surface area contributed by atoms with Crippen LogP contribution >= 0.6 is 0 Å². The molecular weight excluding hydrogens is 235 g/mol. The molecule has 0 bridgehead atoms. The van der Waals surface area contributed by atoms with E-state index in [2.05, 4.69) is 10.6 Å². The first kappa shape index (κ1) is 12.8. The van der Waals surface area contributed by atoms with Gasteiger partial charge in [-0.25, -0.2) is 4.39 Å². The minimum absolute atomic E-state index is 0.0816. The lowest BCUT2D eigenvalue weighted by Crippen LogP contribution is -2.41. The first-order valence-corrected chi connectivity index (χ1v) is 6.11. The minimum atomic E-state index is -0.351. The van der Waals surface area contributed by atoms with Gasteiger partial charge < -0.3 is 15.4 Å². The summed E-state index contributed by atoms with van der Waals surface area (Å²) < 4.78 is 18.5. The number of nitrogens with one attached hydrogen (secondary N) is 2. The molecule has 2 rings (SSSR count). The van der Waals surface area contributed by atoms with Crippen molar-refractivity contribution in [3.63, 3.8) is 0 Å². The van der Waals surface area contributed by atoms with Gasteiger partial charge in [-0.2, -0.15) is 0 Å². The number of hydrogen-bond acceptors (Lipinski definition) is 3. The molecule has 4 nitrogen and oxygen atoms in total. The number of anilines is 1. The van der Waals surface area contributed by atoms with Crippen molar-refractivity contribution < 1.29 is 13.9 Å². The molecule has 1 aliphatic heterocycles. The number of ether oxygens (including phenoxy) is 1. The normalized spacial score (nSPS) is 16.3. The second-order valence-electron chi connectivity index (χ2n) is 4.29. The molecule has 98 valence electrons. The zero-order valence-electron chi connectivity index (χ0n) is 10.1. The van der Waals surface area contributed by atoms with Crippen LogP contribution in [0.25, 0.3) is 0 Å². The summed E-state index contributed by atoms with van der Waals surface area (Å²) in [5.74, 6) is -0.471. The lowest BCUT2D eigenvalue weighted by molar-refractivity contribution is -0.120. The van der Waals surface area contributed by atoms with E-state index in [1.54, 1.807) is 18.2 Å².